The second-order valence-corrected chi connectivity index (χ2v) is 5.01. The van der Waals surface area contributed by atoms with Gasteiger partial charge < -0.3 is 5.32 Å². The highest BCUT2D eigenvalue weighted by Crippen LogP contribution is 2.25. The summed E-state index contributed by atoms with van der Waals surface area (Å²) in [4.78, 5) is 15.6. The average Bonchev–Trinajstić information content (AvgIpc) is 2.47. The minimum Gasteiger partial charge on any atom is -0.320 e. The molecule has 2 rings (SSSR count). The quantitative estimate of drug-likeness (QED) is 0.827. The number of nitrogens with zero attached hydrogens (tertiary/aromatic N) is 1. The molecule has 6 heteroatoms. The van der Waals surface area contributed by atoms with Crippen molar-refractivity contribution in [3.8, 4) is 0 Å². The van der Waals surface area contributed by atoms with Gasteiger partial charge in [0.05, 0.1) is 5.69 Å². The average molecular weight is 320 g/mol. The SMILES string of the molecule is Cc1ccccc1N=C(C(=O)Nc1ccccc1C)C(F)(F)F. The molecule has 0 aliphatic rings. The van der Waals surface area contributed by atoms with Gasteiger partial charge in [0, 0.05) is 5.69 Å². The van der Waals surface area contributed by atoms with Crippen LogP contribution in [0.2, 0.25) is 0 Å². The fourth-order valence-electron chi connectivity index (χ4n) is 1.95. The van der Waals surface area contributed by atoms with Crippen LogP contribution < -0.4 is 5.32 Å². The predicted octanol–water partition coefficient (Wildman–Crippen LogP) is 4.58. The number of para-hydroxylation sites is 2. The van der Waals surface area contributed by atoms with Crippen LogP contribution in [0.3, 0.4) is 0 Å². The van der Waals surface area contributed by atoms with Crippen LogP contribution in [0.15, 0.2) is 53.5 Å². The van der Waals surface area contributed by atoms with E-state index in [0.29, 0.717) is 16.8 Å². The topological polar surface area (TPSA) is 41.5 Å². The molecule has 120 valence electrons. The molecule has 0 fully saturated rings. The molecule has 3 nitrogen and oxygen atoms in total. The van der Waals surface area contributed by atoms with Crippen molar-refractivity contribution in [2.45, 2.75) is 20.0 Å². The molecule has 1 amide bonds. The van der Waals surface area contributed by atoms with Crippen molar-refractivity contribution in [2.75, 3.05) is 5.32 Å². The molecule has 0 heterocycles. The number of carbonyl (C=O) groups excluding carboxylic acids is 1. The normalized spacial score (nSPS) is 12.1. The van der Waals surface area contributed by atoms with Gasteiger partial charge in [-0.05, 0) is 37.1 Å². The molecule has 0 aliphatic carbocycles. The Kier molecular flexibility index (Phi) is 4.83. The van der Waals surface area contributed by atoms with Crippen LogP contribution in [0.1, 0.15) is 11.1 Å². The molecule has 23 heavy (non-hydrogen) atoms. The number of hydrogen-bond donors (Lipinski definition) is 1. The molecule has 2 aromatic carbocycles. The van der Waals surface area contributed by atoms with E-state index in [2.05, 4.69) is 10.3 Å². The van der Waals surface area contributed by atoms with E-state index in [-0.39, 0.29) is 5.69 Å². The second kappa shape index (κ2) is 6.64. The maximum atomic E-state index is 13.2. The van der Waals surface area contributed by atoms with Gasteiger partial charge >= 0.3 is 6.18 Å². The summed E-state index contributed by atoms with van der Waals surface area (Å²) in [5, 5.41) is 2.27. The highest BCUT2D eigenvalue weighted by molar-refractivity contribution is 6.45. The lowest BCUT2D eigenvalue weighted by Crippen LogP contribution is -2.35. The van der Waals surface area contributed by atoms with E-state index in [1.807, 2.05) is 0 Å². The van der Waals surface area contributed by atoms with E-state index >= 15 is 0 Å². The Bertz CT molecular complexity index is 751. The molecule has 0 aromatic heterocycles. The highest BCUT2D eigenvalue weighted by atomic mass is 19.4. The van der Waals surface area contributed by atoms with Crippen LogP contribution in [0.4, 0.5) is 24.5 Å². The number of halogens is 3. The van der Waals surface area contributed by atoms with Crippen LogP contribution in [0.5, 0.6) is 0 Å². The standard InChI is InChI=1S/C17H15F3N2O/c1-11-7-3-5-9-13(11)21-15(17(18,19)20)16(23)22-14-10-6-4-8-12(14)2/h3-10H,1-2H3,(H,22,23). The van der Waals surface area contributed by atoms with E-state index in [4.69, 9.17) is 0 Å². The third-order valence-corrected chi connectivity index (χ3v) is 3.22. The van der Waals surface area contributed by atoms with Gasteiger partial charge in [-0.25, -0.2) is 4.99 Å². The second-order valence-electron chi connectivity index (χ2n) is 5.01. The number of aliphatic imine (C=N–C) groups is 1. The zero-order valence-electron chi connectivity index (χ0n) is 12.6. The minimum atomic E-state index is -4.85. The molecule has 0 saturated heterocycles. The largest absolute Gasteiger partial charge is 0.438 e. The summed E-state index contributed by atoms with van der Waals surface area (Å²) in [6.07, 6.45) is -4.85. The van der Waals surface area contributed by atoms with E-state index in [0.717, 1.165) is 0 Å². The molecular formula is C17H15F3N2O. The van der Waals surface area contributed by atoms with Crippen molar-refractivity contribution in [3.05, 3.63) is 59.7 Å². The van der Waals surface area contributed by atoms with Crippen molar-refractivity contribution in [1.82, 2.24) is 0 Å². The molecule has 0 aliphatic heterocycles. The molecule has 1 N–H and O–H groups in total. The van der Waals surface area contributed by atoms with Gasteiger partial charge in [0.15, 0.2) is 0 Å². The van der Waals surface area contributed by atoms with Gasteiger partial charge in [-0.2, -0.15) is 13.2 Å². The number of amides is 1. The van der Waals surface area contributed by atoms with Crippen LogP contribution in [0.25, 0.3) is 0 Å². The third-order valence-electron chi connectivity index (χ3n) is 3.22. The van der Waals surface area contributed by atoms with Crippen molar-refractivity contribution in [1.29, 1.82) is 0 Å². The lowest BCUT2D eigenvalue weighted by molar-refractivity contribution is -0.114. The van der Waals surface area contributed by atoms with E-state index in [1.54, 1.807) is 50.2 Å². The van der Waals surface area contributed by atoms with Gasteiger partial charge in [0.2, 0.25) is 5.71 Å². The summed E-state index contributed by atoms with van der Waals surface area (Å²) in [5.41, 5.74) is 0.172. The van der Waals surface area contributed by atoms with Crippen LogP contribution >= 0.6 is 0 Å². The third kappa shape index (κ3) is 4.18. The maximum absolute atomic E-state index is 13.2. The lowest BCUT2D eigenvalue weighted by Gasteiger charge is -2.13. The Hall–Kier alpha value is -2.63. The Morgan fingerprint density at radius 1 is 0.957 bits per heavy atom. The van der Waals surface area contributed by atoms with Gasteiger partial charge in [-0.15, -0.1) is 0 Å². The Morgan fingerprint density at radius 3 is 2.09 bits per heavy atom. The Labute approximate surface area is 131 Å². The first-order valence-corrected chi connectivity index (χ1v) is 6.87. The lowest BCUT2D eigenvalue weighted by atomic mass is 10.2. The van der Waals surface area contributed by atoms with Gasteiger partial charge in [0.25, 0.3) is 5.91 Å². The highest BCUT2D eigenvalue weighted by Gasteiger charge is 2.41. The molecule has 0 unspecified atom stereocenters. The maximum Gasteiger partial charge on any atom is 0.438 e. The number of alkyl halides is 3. The predicted molar refractivity (Wildman–Crippen MR) is 84.1 cm³/mol. The summed E-state index contributed by atoms with van der Waals surface area (Å²) in [7, 11) is 0. The van der Waals surface area contributed by atoms with Crippen LogP contribution in [0, 0.1) is 13.8 Å². The molecule has 2 aromatic rings. The zero-order chi connectivity index (χ0) is 17.0. The number of rotatable bonds is 3. The molecule has 0 bridgehead atoms. The van der Waals surface area contributed by atoms with E-state index in [9.17, 15) is 18.0 Å². The first-order chi connectivity index (χ1) is 10.8. The van der Waals surface area contributed by atoms with Crippen molar-refractivity contribution >= 4 is 23.0 Å². The number of benzene rings is 2. The van der Waals surface area contributed by atoms with Crippen molar-refractivity contribution < 1.29 is 18.0 Å². The van der Waals surface area contributed by atoms with Gasteiger partial charge in [-0.3, -0.25) is 4.79 Å². The van der Waals surface area contributed by atoms with E-state index in [1.165, 1.54) is 12.1 Å². The fraction of sp³-hybridized carbons (Fsp3) is 0.176. The summed E-state index contributed by atoms with van der Waals surface area (Å²) in [6, 6.07) is 12.9. The summed E-state index contributed by atoms with van der Waals surface area (Å²) >= 11 is 0. The van der Waals surface area contributed by atoms with Crippen LogP contribution in [-0.4, -0.2) is 17.8 Å². The van der Waals surface area contributed by atoms with Crippen molar-refractivity contribution in [2.24, 2.45) is 4.99 Å². The Morgan fingerprint density at radius 2 is 1.52 bits per heavy atom. The smallest absolute Gasteiger partial charge is 0.320 e. The van der Waals surface area contributed by atoms with Gasteiger partial charge in [0.1, 0.15) is 0 Å². The zero-order valence-corrected chi connectivity index (χ0v) is 12.6. The van der Waals surface area contributed by atoms with Gasteiger partial charge in [-0.1, -0.05) is 36.4 Å². The fourth-order valence-corrected chi connectivity index (χ4v) is 1.95. The molecule has 0 saturated carbocycles. The molecule has 0 radical (unpaired) electrons. The number of nitrogens with one attached hydrogen (secondary N) is 1. The first-order valence-electron chi connectivity index (χ1n) is 6.87. The number of anilines is 1. The van der Waals surface area contributed by atoms with Crippen molar-refractivity contribution in [3.63, 3.8) is 0 Å². The molecular weight excluding hydrogens is 305 g/mol. The summed E-state index contributed by atoms with van der Waals surface area (Å²) in [5.74, 6) is -1.28. The summed E-state index contributed by atoms with van der Waals surface area (Å²) in [6.45, 7) is 3.33. The van der Waals surface area contributed by atoms with Crippen LogP contribution in [-0.2, 0) is 4.79 Å². The number of carbonyl (C=O) groups is 1. The minimum absolute atomic E-state index is 0.111. The van der Waals surface area contributed by atoms with E-state index < -0.39 is 17.8 Å². The number of aryl methyl sites for hydroxylation is 2. The summed E-state index contributed by atoms with van der Waals surface area (Å²) < 4.78 is 39.6. The number of hydrogen-bond acceptors (Lipinski definition) is 2. The first kappa shape index (κ1) is 16.7. The molecule has 0 spiro atoms. The Balaban J connectivity index is 2.38. The molecule has 0 atom stereocenters. The monoisotopic (exact) mass is 320 g/mol.